The predicted octanol–water partition coefficient (Wildman–Crippen LogP) is 5.41. The van der Waals surface area contributed by atoms with Gasteiger partial charge in [0.1, 0.15) is 0 Å². The lowest BCUT2D eigenvalue weighted by Gasteiger charge is -2.05. The fourth-order valence-corrected chi connectivity index (χ4v) is 2.93. The van der Waals surface area contributed by atoms with Gasteiger partial charge in [-0.15, -0.1) is 21.6 Å². The number of rotatable bonds is 6. The molecule has 0 fully saturated rings. The summed E-state index contributed by atoms with van der Waals surface area (Å²) in [5.41, 5.74) is 1.51. The van der Waals surface area contributed by atoms with Gasteiger partial charge in [0.2, 0.25) is 11.0 Å². The van der Waals surface area contributed by atoms with E-state index in [1.54, 1.807) is 6.20 Å². The number of azo groups is 1. The van der Waals surface area contributed by atoms with Gasteiger partial charge >= 0.3 is 0 Å². The molecule has 114 valence electrons. The van der Waals surface area contributed by atoms with Gasteiger partial charge in [0, 0.05) is 23.5 Å². The lowest BCUT2D eigenvalue weighted by molar-refractivity contribution is 0.417. The number of para-hydroxylation sites is 1. The summed E-state index contributed by atoms with van der Waals surface area (Å²) in [4.78, 5) is 4.08. The Morgan fingerprint density at radius 2 is 2.09 bits per heavy atom. The highest BCUT2D eigenvalue weighted by Gasteiger charge is 2.15. The minimum Gasteiger partial charge on any atom is -0.493 e. The second-order valence-corrected chi connectivity index (χ2v) is 5.94. The molecule has 1 aromatic carbocycles. The standard InChI is InChI=1S/C16H18N4OS/c1-2-3-6-10-20-13-8-5-4-7-12(13)14(15(20)21)18-19-16-17-9-11-22-16/h4-5,7-9,11,21H,2-3,6,10H2,1H3. The number of benzene rings is 1. The fourth-order valence-electron chi connectivity index (χ4n) is 2.47. The molecule has 0 spiro atoms. The average molecular weight is 314 g/mol. The smallest absolute Gasteiger partial charge is 0.229 e. The summed E-state index contributed by atoms with van der Waals surface area (Å²) in [5, 5.41) is 22.2. The third kappa shape index (κ3) is 2.87. The van der Waals surface area contributed by atoms with Crippen molar-refractivity contribution >= 4 is 33.1 Å². The zero-order valence-electron chi connectivity index (χ0n) is 12.4. The largest absolute Gasteiger partial charge is 0.493 e. The van der Waals surface area contributed by atoms with Crippen LogP contribution in [0.25, 0.3) is 10.9 Å². The van der Waals surface area contributed by atoms with E-state index in [2.05, 4.69) is 22.1 Å². The fraction of sp³-hybridized carbons (Fsp3) is 0.312. The summed E-state index contributed by atoms with van der Waals surface area (Å²) in [7, 11) is 0. The minimum absolute atomic E-state index is 0.178. The summed E-state index contributed by atoms with van der Waals surface area (Å²) in [6, 6.07) is 7.88. The van der Waals surface area contributed by atoms with E-state index in [4.69, 9.17) is 0 Å². The van der Waals surface area contributed by atoms with Crippen LogP contribution in [0.5, 0.6) is 5.88 Å². The number of fused-ring (bicyclic) bond motifs is 1. The highest BCUT2D eigenvalue weighted by atomic mass is 32.1. The third-order valence-corrected chi connectivity index (χ3v) is 4.21. The van der Waals surface area contributed by atoms with E-state index in [1.165, 1.54) is 11.3 Å². The zero-order chi connectivity index (χ0) is 15.4. The van der Waals surface area contributed by atoms with Crippen LogP contribution in [0.4, 0.5) is 10.8 Å². The van der Waals surface area contributed by atoms with Gasteiger partial charge in [-0.25, -0.2) is 4.98 Å². The van der Waals surface area contributed by atoms with Crippen LogP contribution in [0.3, 0.4) is 0 Å². The van der Waals surface area contributed by atoms with Crippen LogP contribution in [-0.4, -0.2) is 14.7 Å². The summed E-state index contributed by atoms with van der Waals surface area (Å²) < 4.78 is 1.92. The molecule has 1 N–H and O–H groups in total. The molecule has 3 rings (SSSR count). The molecule has 0 radical (unpaired) electrons. The summed E-state index contributed by atoms with van der Waals surface area (Å²) in [6.45, 7) is 2.95. The number of aryl methyl sites for hydroxylation is 1. The Morgan fingerprint density at radius 3 is 2.86 bits per heavy atom. The van der Waals surface area contributed by atoms with Crippen molar-refractivity contribution < 1.29 is 5.11 Å². The molecular formula is C16H18N4OS. The van der Waals surface area contributed by atoms with Crippen molar-refractivity contribution in [3.8, 4) is 5.88 Å². The maximum absolute atomic E-state index is 10.5. The summed E-state index contributed by atoms with van der Waals surface area (Å²) >= 11 is 1.42. The minimum atomic E-state index is 0.178. The number of nitrogens with zero attached hydrogens (tertiary/aromatic N) is 4. The van der Waals surface area contributed by atoms with E-state index in [0.29, 0.717) is 10.8 Å². The van der Waals surface area contributed by atoms with Gasteiger partial charge in [-0.3, -0.25) is 0 Å². The van der Waals surface area contributed by atoms with E-state index in [0.717, 1.165) is 36.7 Å². The van der Waals surface area contributed by atoms with Gasteiger partial charge in [-0.05, 0) is 12.5 Å². The lowest BCUT2D eigenvalue weighted by Crippen LogP contribution is -1.96. The van der Waals surface area contributed by atoms with Crippen molar-refractivity contribution in [3.05, 3.63) is 35.8 Å². The number of aromatic nitrogens is 2. The van der Waals surface area contributed by atoms with Gasteiger partial charge in [-0.2, -0.15) is 0 Å². The molecular weight excluding hydrogens is 296 g/mol. The molecule has 0 saturated heterocycles. The Balaban J connectivity index is 2.00. The second kappa shape index (κ2) is 6.70. The molecule has 0 aliphatic carbocycles. The van der Waals surface area contributed by atoms with Crippen LogP contribution in [0, 0.1) is 0 Å². The molecule has 0 bridgehead atoms. The first-order chi connectivity index (χ1) is 10.8. The van der Waals surface area contributed by atoms with Crippen LogP contribution in [0.2, 0.25) is 0 Å². The normalized spacial score (nSPS) is 11.7. The highest BCUT2D eigenvalue weighted by Crippen LogP contribution is 2.39. The van der Waals surface area contributed by atoms with Crippen LogP contribution in [0.1, 0.15) is 26.2 Å². The zero-order valence-corrected chi connectivity index (χ0v) is 13.3. The summed E-state index contributed by atoms with van der Waals surface area (Å²) in [5.74, 6) is 0.178. The second-order valence-electron chi connectivity index (χ2n) is 5.06. The van der Waals surface area contributed by atoms with E-state index in [-0.39, 0.29) is 5.88 Å². The van der Waals surface area contributed by atoms with Gasteiger partial charge < -0.3 is 9.67 Å². The van der Waals surface area contributed by atoms with Gasteiger partial charge in [0.15, 0.2) is 5.69 Å². The lowest BCUT2D eigenvalue weighted by atomic mass is 10.2. The van der Waals surface area contributed by atoms with Crippen molar-refractivity contribution in [1.82, 2.24) is 9.55 Å². The van der Waals surface area contributed by atoms with Crippen LogP contribution in [0.15, 0.2) is 46.1 Å². The number of aromatic hydroxyl groups is 1. The molecule has 0 aliphatic rings. The Bertz CT molecular complexity index is 777. The van der Waals surface area contributed by atoms with Crippen molar-refractivity contribution in [2.45, 2.75) is 32.7 Å². The average Bonchev–Trinajstić information content (AvgIpc) is 3.13. The Labute approximate surface area is 133 Å². The van der Waals surface area contributed by atoms with Gasteiger partial charge in [0.05, 0.1) is 5.52 Å². The first-order valence-electron chi connectivity index (χ1n) is 7.42. The Kier molecular flexibility index (Phi) is 4.48. The van der Waals surface area contributed by atoms with Gasteiger partial charge in [-0.1, -0.05) is 38.0 Å². The van der Waals surface area contributed by atoms with Crippen LogP contribution >= 0.6 is 11.3 Å². The molecule has 6 heteroatoms. The number of unbranched alkanes of at least 4 members (excludes halogenated alkanes) is 2. The van der Waals surface area contributed by atoms with Gasteiger partial charge in [0.25, 0.3) is 0 Å². The van der Waals surface area contributed by atoms with Crippen LogP contribution in [-0.2, 0) is 6.54 Å². The monoisotopic (exact) mass is 314 g/mol. The van der Waals surface area contributed by atoms with E-state index in [9.17, 15) is 5.11 Å². The first kappa shape index (κ1) is 14.7. The van der Waals surface area contributed by atoms with E-state index < -0.39 is 0 Å². The number of thiazole rings is 1. The number of hydrogen-bond acceptors (Lipinski definition) is 5. The number of hydrogen-bond donors (Lipinski definition) is 1. The third-order valence-electron chi connectivity index (χ3n) is 3.56. The highest BCUT2D eigenvalue weighted by molar-refractivity contribution is 7.13. The molecule has 5 nitrogen and oxygen atoms in total. The first-order valence-corrected chi connectivity index (χ1v) is 8.30. The van der Waals surface area contributed by atoms with Crippen molar-refractivity contribution in [2.75, 3.05) is 0 Å². The molecule has 0 saturated carbocycles. The van der Waals surface area contributed by atoms with E-state index in [1.807, 2.05) is 34.2 Å². The molecule has 0 unspecified atom stereocenters. The van der Waals surface area contributed by atoms with Crippen LogP contribution < -0.4 is 0 Å². The molecule has 0 amide bonds. The van der Waals surface area contributed by atoms with Crippen molar-refractivity contribution in [3.63, 3.8) is 0 Å². The SMILES string of the molecule is CCCCCn1c(O)c(N=Nc2nccs2)c2ccccc21. The Hall–Kier alpha value is -2.21. The molecule has 0 aliphatic heterocycles. The molecule has 2 heterocycles. The van der Waals surface area contributed by atoms with E-state index >= 15 is 0 Å². The molecule has 22 heavy (non-hydrogen) atoms. The maximum atomic E-state index is 10.5. The van der Waals surface area contributed by atoms with Crippen molar-refractivity contribution in [1.29, 1.82) is 0 Å². The predicted molar refractivity (Wildman–Crippen MR) is 89.4 cm³/mol. The maximum Gasteiger partial charge on any atom is 0.229 e. The quantitative estimate of drug-likeness (QED) is 0.488. The molecule has 2 aromatic heterocycles. The Morgan fingerprint density at radius 1 is 1.23 bits per heavy atom. The van der Waals surface area contributed by atoms with Crippen molar-refractivity contribution in [2.24, 2.45) is 10.2 Å². The molecule has 0 atom stereocenters. The molecule has 3 aromatic rings. The summed E-state index contributed by atoms with van der Waals surface area (Å²) in [6.07, 6.45) is 5.01. The topological polar surface area (TPSA) is 62.8 Å².